The molecule has 1 saturated heterocycles. The van der Waals surface area contributed by atoms with Crippen LogP contribution < -0.4 is 4.74 Å². The molecule has 4 nitrogen and oxygen atoms in total. The molecule has 0 bridgehead atoms. The first-order valence-electron chi connectivity index (χ1n) is 8.65. The predicted molar refractivity (Wildman–Crippen MR) is 122 cm³/mol. The number of rotatable bonds is 5. The van der Waals surface area contributed by atoms with Crippen molar-refractivity contribution >= 4 is 57.2 Å². The van der Waals surface area contributed by atoms with Crippen molar-refractivity contribution in [3.63, 3.8) is 0 Å². The highest BCUT2D eigenvalue weighted by atomic mass is 127. The van der Waals surface area contributed by atoms with Gasteiger partial charge in [-0.05, 0) is 87.4 Å². The number of carbonyl (C=O) groups is 1. The minimum Gasteiger partial charge on any atom is -0.487 e. The molecular weight excluding hydrogens is 566 g/mol. The minimum absolute atomic E-state index is 0.176. The van der Waals surface area contributed by atoms with Gasteiger partial charge in [-0.25, -0.2) is 0 Å². The quantitative estimate of drug-likeness (QED) is 0.283. The van der Waals surface area contributed by atoms with Gasteiger partial charge in [-0.3, -0.25) is 4.79 Å². The summed E-state index contributed by atoms with van der Waals surface area (Å²) >= 11 is 4.46. The van der Waals surface area contributed by atoms with E-state index in [0.29, 0.717) is 6.61 Å². The third-order valence-corrected chi connectivity index (χ3v) is 5.90. The first-order chi connectivity index (χ1) is 13.1. The molecule has 1 amide bonds. The van der Waals surface area contributed by atoms with Crippen LogP contribution in [0, 0.1) is 18.5 Å². The van der Waals surface area contributed by atoms with Gasteiger partial charge in [-0.2, -0.15) is 5.26 Å². The standard InChI is InChI=1S/C21H18I2N2O2/c22-18-11-16(10-17(13-24)21(26)25-8-4-5-9-25)12-19(23)20(18)27-14-15-6-2-1-3-7-15/h1-3,6-7,10-12H,4-5,8-9,14H2/b17-10+. The maximum atomic E-state index is 12.5. The Labute approximate surface area is 186 Å². The predicted octanol–water partition coefficient (Wildman–Crippen LogP) is 5.00. The third kappa shape index (κ3) is 5.23. The molecule has 2 aromatic carbocycles. The lowest BCUT2D eigenvalue weighted by atomic mass is 10.1. The van der Waals surface area contributed by atoms with E-state index in [1.807, 2.05) is 42.5 Å². The molecule has 0 aromatic heterocycles. The largest absolute Gasteiger partial charge is 0.487 e. The number of benzene rings is 2. The van der Waals surface area contributed by atoms with Crippen molar-refractivity contribution in [2.24, 2.45) is 0 Å². The van der Waals surface area contributed by atoms with Crippen LogP contribution in [0.25, 0.3) is 6.08 Å². The average molecular weight is 584 g/mol. The van der Waals surface area contributed by atoms with Gasteiger partial charge in [0.25, 0.3) is 5.91 Å². The highest BCUT2D eigenvalue weighted by Crippen LogP contribution is 2.30. The summed E-state index contributed by atoms with van der Waals surface area (Å²) in [5.41, 5.74) is 2.12. The average Bonchev–Trinajstić information content (AvgIpc) is 3.20. The van der Waals surface area contributed by atoms with E-state index < -0.39 is 0 Å². The van der Waals surface area contributed by atoms with Gasteiger partial charge in [0.05, 0.1) is 7.14 Å². The Morgan fingerprint density at radius 3 is 2.37 bits per heavy atom. The molecule has 138 valence electrons. The summed E-state index contributed by atoms with van der Waals surface area (Å²) in [5, 5.41) is 9.43. The van der Waals surface area contributed by atoms with Crippen molar-refractivity contribution in [1.82, 2.24) is 4.90 Å². The number of likely N-dealkylation sites (tertiary alicyclic amines) is 1. The molecule has 6 heteroatoms. The van der Waals surface area contributed by atoms with Gasteiger partial charge in [-0.15, -0.1) is 0 Å². The van der Waals surface area contributed by atoms with Crippen molar-refractivity contribution in [3.05, 3.63) is 66.3 Å². The summed E-state index contributed by atoms with van der Waals surface area (Å²) < 4.78 is 7.90. The van der Waals surface area contributed by atoms with Crippen LogP contribution >= 0.6 is 45.2 Å². The Balaban J connectivity index is 1.79. The van der Waals surface area contributed by atoms with Gasteiger partial charge in [0, 0.05) is 13.1 Å². The van der Waals surface area contributed by atoms with Gasteiger partial charge in [0.1, 0.15) is 24.0 Å². The van der Waals surface area contributed by atoms with Crippen LogP contribution in [-0.4, -0.2) is 23.9 Å². The van der Waals surface area contributed by atoms with Crippen molar-refractivity contribution in [3.8, 4) is 11.8 Å². The van der Waals surface area contributed by atoms with E-state index in [1.165, 1.54) is 0 Å². The lowest BCUT2D eigenvalue weighted by Gasteiger charge is -2.14. The summed E-state index contributed by atoms with van der Waals surface area (Å²) in [5.74, 6) is 0.644. The number of nitrogens with zero attached hydrogens (tertiary/aromatic N) is 2. The second kappa shape index (κ2) is 9.55. The third-order valence-electron chi connectivity index (χ3n) is 4.30. The molecule has 0 N–H and O–H groups in total. The van der Waals surface area contributed by atoms with E-state index in [-0.39, 0.29) is 11.5 Å². The first kappa shape index (κ1) is 20.1. The minimum atomic E-state index is -0.176. The fourth-order valence-corrected chi connectivity index (χ4v) is 5.06. The second-order valence-corrected chi connectivity index (χ2v) is 8.58. The monoisotopic (exact) mass is 584 g/mol. The van der Waals surface area contributed by atoms with Crippen molar-refractivity contribution in [2.75, 3.05) is 13.1 Å². The van der Waals surface area contributed by atoms with Crippen LogP contribution in [0.5, 0.6) is 5.75 Å². The van der Waals surface area contributed by atoms with Crippen molar-refractivity contribution < 1.29 is 9.53 Å². The molecule has 0 spiro atoms. The summed E-state index contributed by atoms with van der Waals surface area (Å²) in [6.07, 6.45) is 3.69. The zero-order chi connectivity index (χ0) is 19.2. The SMILES string of the molecule is N#C/C(=C\c1cc(I)c(OCc2ccccc2)c(I)c1)C(=O)N1CCCC1. The number of halogens is 2. The summed E-state index contributed by atoms with van der Waals surface area (Å²) in [6, 6.07) is 16.0. The molecule has 0 saturated carbocycles. The number of ether oxygens (including phenoxy) is 1. The molecule has 1 fully saturated rings. The fourth-order valence-electron chi connectivity index (χ4n) is 2.93. The van der Waals surface area contributed by atoms with E-state index in [0.717, 1.165) is 49.9 Å². The number of hydrogen-bond donors (Lipinski definition) is 0. The van der Waals surface area contributed by atoms with Crippen LogP contribution in [-0.2, 0) is 11.4 Å². The Morgan fingerprint density at radius 1 is 1.15 bits per heavy atom. The Kier molecular flexibility index (Phi) is 7.13. The van der Waals surface area contributed by atoms with Crippen LogP contribution in [0.3, 0.4) is 0 Å². The molecular formula is C21H18I2N2O2. The van der Waals surface area contributed by atoms with Crippen LogP contribution in [0.2, 0.25) is 0 Å². The molecule has 1 aliphatic rings. The number of carbonyl (C=O) groups excluding carboxylic acids is 1. The molecule has 0 aliphatic carbocycles. The molecule has 1 heterocycles. The molecule has 0 unspecified atom stereocenters. The molecule has 3 rings (SSSR count). The molecule has 1 aliphatic heterocycles. The zero-order valence-electron chi connectivity index (χ0n) is 14.6. The highest BCUT2D eigenvalue weighted by molar-refractivity contribution is 14.1. The fraction of sp³-hybridized carbons (Fsp3) is 0.238. The smallest absolute Gasteiger partial charge is 0.264 e. The maximum Gasteiger partial charge on any atom is 0.264 e. The lowest BCUT2D eigenvalue weighted by Crippen LogP contribution is -2.28. The lowest BCUT2D eigenvalue weighted by molar-refractivity contribution is -0.125. The highest BCUT2D eigenvalue weighted by Gasteiger charge is 2.21. The summed E-state index contributed by atoms with van der Waals surface area (Å²) in [4.78, 5) is 14.2. The van der Waals surface area contributed by atoms with Crippen molar-refractivity contribution in [1.29, 1.82) is 5.26 Å². The van der Waals surface area contributed by atoms with Crippen LogP contribution in [0.15, 0.2) is 48.0 Å². The Bertz CT molecular complexity index is 875. The van der Waals surface area contributed by atoms with E-state index in [9.17, 15) is 10.1 Å². The van der Waals surface area contributed by atoms with E-state index in [1.54, 1.807) is 11.0 Å². The van der Waals surface area contributed by atoms with Gasteiger partial charge in [-0.1, -0.05) is 30.3 Å². The second-order valence-electron chi connectivity index (χ2n) is 6.26. The summed E-state index contributed by atoms with van der Waals surface area (Å²) in [7, 11) is 0. The Morgan fingerprint density at radius 2 is 1.78 bits per heavy atom. The van der Waals surface area contributed by atoms with Gasteiger partial charge >= 0.3 is 0 Å². The van der Waals surface area contributed by atoms with Crippen LogP contribution in [0.4, 0.5) is 0 Å². The number of amides is 1. The number of hydrogen-bond acceptors (Lipinski definition) is 3. The van der Waals surface area contributed by atoms with Crippen molar-refractivity contribution in [2.45, 2.75) is 19.4 Å². The normalized spacial score (nSPS) is 14.1. The van der Waals surface area contributed by atoms with E-state index in [4.69, 9.17) is 4.74 Å². The van der Waals surface area contributed by atoms with Gasteiger partial charge in [0.15, 0.2) is 0 Å². The molecule has 0 atom stereocenters. The van der Waals surface area contributed by atoms with E-state index in [2.05, 4.69) is 51.3 Å². The zero-order valence-corrected chi connectivity index (χ0v) is 18.9. The van der Waals surface area contributed by atoms with E-state index >= 15 is 0 Å². The number of nitriles is 1. The molecule has 0 radical (unpaired) electrons. The first-order valence-corrected chi connectivity index (χ1v) is 10.8. The topological polar surface area (TPSA) is 53.3 Å². The maximum absolute atomic E-state index is 12.5. The Hall–Kier alpha value is -1.60. The molecule has 27 heavy (non-hydrogen) atoms. The molecule has 2 aromatic rings. The van der Waals surface area contributed by atoms with Gasteiger partial charge < -0.3 is 9.64 Å². The van der Waals surface area contributed by atoms with Gasteiger partial charge in [0.2, 0.25) is 0 Å². The summed E-state index contributed by atoms with van der Waals surface area (Å²) in [6.45, 7) is 1.97. The van der Waals surface area contributed by atoms with Crippen LogP contribution in [0.1, 0.15) is 24.0 Å².